The van der Waals surface area contributed by atoms with Crippen molar-refractivity contribution in [2.24, 2.45) is 0 Å². The zero-order valence-corrected chi connectivity index (χ0v) is 13.6. The summed E-state index contributed by atoms with van der Waals surface area (Å²) in [5.74, 6) is 0. The Morgan fingerprint density at radius 2 is 1.68 bits per heavy atom. The standard InChI is InChI=1S/C16H26N4O2/c1-3-17(4-2)9-10-18-11-13-19(14-12-18)15-5-7-16(8-6-15)20(21)22/h5-8H,3-4,9-14H2,1-2H3. The molecular formula is C16H26N4O2. The number of likely N-dealkylation sites (N-methyl/N-ethyl adjacent to an activating group) is 1. The summed E-state index contributed by atoms with van der Waals surface area (Å²) < 4.78 is 0. The van der Waals surface area contributed by atoms with E-state index in [1.807, 2.05) is 12.1 Å². The van der Waals surface area contributed by atoms with E-state index in [2.05, 4.69) is 28.5 Å². The SMILES string of the molecule is CCN(CC)CCN1CCN(c2ccc([N+](=O)[O-])cc2)CC1. The van der Waals surface area contributed by atoms with Gasteiger partial charge in [-0.25, -0.2) is 0 Å². The van der Waals surface area contributed by atoms with E-state index in [0.717, 1.165) is 58.0 Å². The van der Waals surface area contributed by atoms with Gasteiger partial charge in [0.15, 0.2) is 0 Å². The van der Waals surface area contributed by atoms with Gasteiger partial charge in [-0.15, -0.1) is 0 Å². The predicted octanol–water partition coefficient (Wildman–Crippen LogP) is 2.06. The lowest BCUT2D eigenvalue weighted by molar-refractivity contribution is -0.384. The third kappa shape index (κ3) is 4.42. The van der Waals surface area contributed by atoms with Crippen LogP contribution in [0.2, 0.25) is 0 Å². The Morgan fingerprint density at radius 3 is 2.18 bits per heavy atom. The van der Waals surface area contributed by atoms with Crippen LogP contribution < -0.4 is 4.90 Å². The third-order valence-electron chi connectivity index (χ3n) is 4.42. The number of piperazine rings is 1. The molecule has 1 saturated heterocycles. The molecule has 0 aliphatic carbocycles. The Labute approximate surface area is 132 Å². The number of nitro groups is 1. The van der Waals surface area contributed by atoms with Gasteiger partial charge in [0.1, 0.15) is 0 Å². The van der Waals surface area contributed by atoms with Crippen molar-refractivity contribution in [2.75, 3.05) is 57.3 Å². The van der Waals surface area contributed by atoms with Gasteiger partial charge >= 0.3 is 0 Å². The molecule has 1 aromatic carbocycles. The van der Waals surface area contributed by atoms with Crippen LogP contribution in [0.3, 0.4) is 0 Å². The van der Waals surface area contributed by atoms with Crippen LogP contribution in [0.15, 0.2) is 24.3 Å². The fourth-order valence-electron chi connectivity index (χ4n) is 2.84. The number of hydrogen-bond donors (Lipinski definition) is 0. The van der Waals surface area contributed by atoms with E-state index in [0.29, 0.717) is 0 Å². The van der Waals surface area contributed by atoms with Gasteiger partial charge < -0.3 is 9.80 Å². The Hall–Kier alpha value is -1.66. The van der Waals surface area contributed by atoms with E-state index < -0.39 is 0 Å². The van der Waals surface area contributed by atoms with Crippen molar-refractivity contribution in [3.8, 4) is 0 Å². The third-order valence-corrected chi connectivity index (χ3v) is 4.42. The Balaban J connectivity index is 1.80. The van der Waals surface area contributed by atoms with Crippen molar-refractivity contribution in [3.05, 3.63) is 34.4 Å². The molecule has 0 aromatic heterocycles. The summed E-state index contributed by atoms with van der Waals surface area (Å²) in [5, 5.41) is 10.7. The lowest BCUT2D eigenvalue weighted by Crippen LogP contribution is -2.48. The molecule has 122 valence electrons. The highest BCUT2D eigenvalue weighted by atomic mass is 16.6. The van der Waals surface area contributed by atoms with Gasteiger partial charge in [-0.3, -0.25) is 15.0 Å². The summed E-state index contributed by atoms with van der Waals surface area (Å²) in [6.45, 7) is 13.0. The first kappa shape index (κ1) is 16.7. The Bertz CT molecular complexity index is 466. The molecule has 1 aliphatic rings. The topological polar surface area (TPSA) is 52.9 Å². The van der Waals surface area contributed by atoms with Crippen molar-refractivity contribution in [2.45, 2.75) is 13.8 Å². The summed E-state index contributed by atoms with van der Waals surface area (Å²) >= 11 is 0. The summed E-state index contributed by atoms with van der Waals surface area (Å²) in [6, 6.07) is 6.87. The largest absolute Gasteiger partial charge is 0.369 e. The second-order valence-corrected chi connectivity index (χ2v) is 5.63. The molecule has 22 heavy (non-hydrogen) atoms. The molecule has 1 fully saturated rings. The summed E-state index contributed by atoms with van der Waals surface area (Å²) in [4.78, 5) is 17.6. The van der Waals surface area contributed by atoms with Gasteiger partial charge in [0, 0.05) is 57.1 Å². The van der Waals surface area contributed by atoms with Crippen molar-refractivity contribution < 1.29 is 4.92 Å². The summed E-state index contributed by atoms with van der Waals surface area (Å²) in [6.07, 6.45) is 0. The van der Waals surface area contributed by atoms with Crippen LogP contribution in [-0.2, 0) is 0 Å². The average molecular weight is 306 g/mol. The van der Waals surface area contributed by atoms with Crippen molar-refractivity contribution in [1.29, 1.82) is 0 Å². The maximum atomic E-state index is 10.7. The van der Waals surface area contributed by atoms with E-state index in [1.54, 1.807) is 12.1 Å². The molecule has 0 atom stereocenters. The maximum Gasteiger partial charge on any atom is 0.269 e. The van der Waals surface area contributed by atoms with E-state index in [9.17, 15) is 10.1 Å². The molecule has 0 unspecified atom stereocenters. The van der Waals surface area contributed by atoms with Crippen molar-refractivity contribution in [3.63, 3.8) is 0 Å². The summed E-state index contributed by atoms with van der Waals surface area (Å²) in [5.41, 5.74) is 1.23. The fourth-order valence-corrected chi connectivity index (χ4v) is 2.84. The first-order chi connectivity index (χ1) is 10.6. The molecule has 1 aliphatic heterocycles. The number of rotatable bonds is 7. The quantitative estimate of drug-likeness (QED) is 0.570. The minimum Gasteiger partial charge on any atom is -0.369 e. The Morgan fingerprint density at radius 1 is 1.09 bits per heavy atom. The highest BCUT2D eigenvalue weighted by molar-refractivity contribution is 5.51. The van der Waals surface area contributed by atoms with Crippen LogP contribution in [-0.4, -0.2) is 67.1 Å². The van der Waals surface area contributed by atoms with Crippen molar-refractivity contribution >= 4 is 11.4 Å². The van der Waals surface area contributed by atoms with Gasteiger partial charge in [-0.2, -0.15) is 0 Å². The number of nitrogens with zero attached hydrogens (tertiary/aromatic N) is 4. The molecule has 0 bridgehead atoms. The highest BCUT2D eigenvalue weighted by Crippen LogP contribution is 2.20. The second kappa shape index (κ2) is 8.10. The zero-order valence-electron chi connectivity index (χ0n) is 13.6. The fraction of sp³-hybridized carbons (Fsp3) is 0.625. The van der Waals surface area contributed by atoms with E-state index in [1.165, 1.54) is 0 Å². The normalized spacial score (nSPS) is 16.2. The molecular weight excluding hydrogens is 280 g/mol. The minimum atomic E-state index is -0.352. The lowest BCUT2D eigenvalue weighted by atomic mass is 10.2. The van der Waals surface area contributed by atoms with E-state index >= 15 is 0 Å². The maximum absolute atomic E-state index is 10.7. The molecule has 0 spiro atoms. The van der Waals surface area contributed by atoms with Gasteiger partial charge in [0.2, 0.25) is 0 Å². The minimum absolute atomic E-state index is 0.154. The first-order valence-electron chi connectivity index (χ1n) is 8.08. The molecule has 1 aromatic rings. The average Bonchev–Trinajstić information content (AvgIpc) is 2.56. The molecule has 2 rings (SSSR count). The zero-order chi connectivity index (χ0) is 15.9. The Kier molecular flexibility index (Phi) is 6.15. The number of hydrogen-bond acceptors (Lipinski definition) is 5. The first-order valence-corrected chi connectivity index (χ1v) is 8.08. The van der Waals surface area contributed by atoms with Crippen LogP contribution in [0.4, 0.5) is 11.4 Å². The van der Waals surface area contributed by atoms with Crippen LogP contribution in [0, 0.1) is 10.1 Å². The smallest absolute Gasteiger partial charge is 0.269 e. The monoisotopic (exact) mass is 306 g/mol. The van der Waals surface area contributed by atoms with E-state index in [4.69, 9.17) is 0 Å². The van der Waals surface area contributed by atoms with Crippen LogP contribution in [0.1, 0.15) is 13.8 Å². The molecule has 0 amide bonds. The number of anilines is 1. The molecule has 0 saturated carbocycles. The number of benzene rings is 1. The molecule has 6 heteroatoms. The summed E-state index contributed by atoms with van der Waals surface area (Å²) in [7, 11) is 0. The lowest BCUT2D eigenvalue weighted by Gasteiger charge is -2.36. The van der Waals surface area contributed by atoms with Crippen LogP contribution >= 0.6 is 0 Å². The van der Waals surface area contributed by atoms with Crippen LogP contribution in [0.25, 0.3) is 0 Å². The highest BCUT2D eigenvalue weighted by Gasteiger charge is 2.18. The van der Waals surface area contributed by atoms with Gasteiger partial charge in [0.05, 0.1) is 4.92 Å². The van der Waals surface area contributed by atoms with Gasteiger partial charge in [-0.05, 0) is 25.2 Å². The molecule has 0 N–H and O–H groups in total. The van der Waals surface area contributed by atoms with Crippen LogP contribution in [0.5, 0.6) is 0 Å². The van der Waals surface area contributed by atoms with Gasteiger partial charge in [-0.1, -0.05) is 13.8 Å². The number of nitro benzene ring substituents is 1. The predicted molar refractivity (Wildman–Crippen MR) is 89.5 cm³/mol. The number of non-ortho nitro benzene ring substituents is 1. The van der Waals surface area contributed by atoms with Crippen molar-refractivity contribution in [1.82, 2.24) is 9.80 Å². The molecule has 1 heterocycles. The van der Waals surface area contributed by atoms with Gasteiger partial charge in [0.25, 0.3) is 5.69 Å². The van der Waals surface area contributed by atoms with E-state index in [-0.39, 0.29) is 10.6 Å². The second-order valence-electron chi connectivity index (χ2n) is 5.63. The molecule has 0 radical (unpaired) electrons. The molecule has 6 nitrogen and oxygen atoms in total.